The first kappa shape index (κ1) is 20.4. The van der Waals surface area contributed by atoms with Gasteiger partial charge in [-0.05, 0) is 37.1 Å². The van der Waals surface area contributed by atoms with Crippen molar-refractivity contribution in [3.63, 3.8) is 0 Å². The molecule has 0 fully saturated rings. The fourth-order valence-corrected chi connectivity index (χ4v) is 3.47. The first-order chi connectivity index (χ1) is 13.6. The van der Waals surface area contributed by atoms with Crippen LogP contribution in [0.2, 0.25) is 0 Å². The molecule has 0 radical (unpaired) electrons. The number of hydrogen-bond acceptors (Lipinski definition) is 3. The fraction of sp³-hybridized carbons (Fsp3) is 0.250. The SMILES string of the molecule is COc1ccc(Br)c(CNC(C)c2ccccc2)c1OCc1ccc(C)cc1. The van der Waals surface area contributed by atoms with Gasteiger partial charge >= 0.3 is 0 Å². The van der Waals surface area contributed by atoms with Crippen molar-refractivity contribution in [1.29, 1.82) is 0 Å². The van der Waals surface area contributed by atoms with Crippen LogP contribution < -0.4 is 14.8 Å². The van der Waals surface area contributed by atoms with E-state index in [4.69, 9.17) is 9.47 Å². The predicted octanol–water partition coefficient (Wildman–Crippen LogP) is 6.20. The van der Waals surface area contributed by atoms with Gasteiger partial charge in [-0.15, -0.1) is 0 Å². The Bertz CT molecular complexity index is 894. The summed E-state index contributed by atoms with van der Waals surface area (Å²) in [6.07, 6.45) is 0. The van der Waals surface area contributed by atoms with Gasteiger partial charge in [-0.25, -0.2) is 0 Å². The molecule has 3 rings (SSSR count). The summed E-state index contributed by atoms with van der Waals surface area (Å²) >= 11 is 3.68. The molecule has 1 unspecified atom stereocenters. The van der Waals surface area contributed by atoms with Crippen LogP contribution in [0.4, 0.5) is 0 Å². The lowest BCUT2D eigenvalue weighted by Gasteiger charge is -2.19. The summed E-state index contributed by atoms with van der Waals surface area (Å²) in [7, 11) is 1.67. The molecule has 0 spiro atoms. The first-order valence-electron chi connectivity index (χ1n) is 9.40. The molecule has 0 heterocycles. The quantitative estimate of drug-likeness (QED) is 0.453. The number of hydrogen-bond donors (Lipinski definition) is 1. The molecule has 3 nitrogen and oxygen atoms in total. The van der Waals surface area contributed by atoms with E-state index in [2.05, 4.69) is 83.6 Å². The second-order valence-electron chi connectivity index (χ2n) is 6.84. The van der Waals surface area contributed by atoms with Crippen molar-refractivity contribution in [3.8, 4) is 11.5 Å². The number of ether oxygens (including phenoxy) is 2. The largest absolute Gasteiger partial charge is 0.493 e. The monoisotopic (exact) mass is 439 g/mol. The van der Waals surface area contributed by atoms with Crippen molar-refractivity contribution in [3.05, 3.63) is 93.5 Å². The Morgan fingerprint density at radius 3 is 2.36 bits per heavy atom. The number of nitrogens with one attached hydrogen (secondary N) is 1. The van der Waals surface area contributed by atoms with Gasteiger partial charge in [-0.1, -0.05) is 76.1 Å². The molecule has 1 atom stereocenters. The molecular formula is C24H26BrNO2. The second-order valence-corrected chi connectivity index (χ2v) is 7.70. The van der Waals surface area contributed by atoms with E-state index in [0.29, 0.717) is 13.2 Å². The Morgan fingerprint density at radius 2 is 1.68 bits per heavy atom. The number of benzene rings is 3. The van der Waals surface area contributed by atoms with E-state index in [1.165, 1.54) is 11.1 Å². The molecule has 0 aliphatic heterocycles. The lowest BCUT2D eigenvalue weighted by Crippen LogP contribution is -2.19. The maximum atomic E-state index is 6.21. The fourth-order valence-electron chi connectivity index (χ4n) is 3.02. The molecule has 0 saturated carbocycles. The molecule has 28 heavy (non-hydrogen) atoms. The average molecular weight is 440 g/mol. The Hall–Kier alpha value is -2.30. The van der Waals surface area contributed by atoms with E-state index in [-0.39, 0.29) is 6.04 Å². The predicted molar refractivity (Wildman–Crippen MR) is 118 cm³/mol. The highest BCUT2D eigenvalue weighted by molar-refractivity contribution is 9.10. The van der Waals surface area contributed by atoms with E-state index < -0.39 is 0 Å². The minimum absolute atomic E-state index is 0.226. The van der Waals surface area contributed by atoms with Crippen LogP contribution in [-0.2, 0) is 13.2 Å². The zero-order valence-corrected chi connectivity index (χ0v) is 18.1. The molecule has 4 heteroatoms. The first-order valence-corrected chi connectivity index (χ1v) is 10.2. The standard InChI is InChI=1S/C24H26BrNO2/c1-17-9-11-19(12-10-17)16-28-24-21(22(25)13-14-23(24)27-3)15-26-18(2)20-7-5-4-6-8-20/h4-14,18,26H,15-16H2,1-3H3. The molecular weight excluding hydrogens is 414 g/mol. The normalized spacial score (nSPS) is 11.9. The lowest BCUT2D eigenvalue weighted by molar-refractivity contribution is 0.280. The van der Waals surface area contributed by atoms with Crippen LogP contribution in [0.1, 0.15) is 35.2 Å². The highest BCUT2D eigenvalue weighted by Crippen LogP contribution is 2.37. The van der Waals surface area contributed by atoms with Gasteiger partial charge in [0.1, 0.15) is 6.61 Å². The number of aryl methyl sites for hydroxylation is 1. The maximum absolute atomic E-state index is 6.21. The van der Waals surface area contributed by atoms with Gasteiger partial charge in [0.05, 0.1) is 7.11 Å². The van der Waals surface area contributed by atoms with Gasteiger partial charge in [-0.3, -0.25) is 0 Å². The smallest absolute Gasteiger partial charge is 0.167 e. The van der Waals surface area contributed by atoms with Crippen LogP contribution in [0, 0.1) is 6.92 Å². The van der Waals surface area contributed by atoms with Crippen LogP contribution in [0.15, 0.2) is 71.2 Å². The minimum Gasteiger partial charge on any atom is -0.493 e. The van der Waals surface area contributed by atoms with E-state index in [1.54, 1.807) is 7.11 Å². The van der Waals surface area contributed by atoms with Crippen molar-refractivity contribution in [2.75, 3.05) is 7.11 Å². The summed E-state index contributed by atoms with van der Waals surface area (Å²) in [4.78, 5) is 0. The molecule has 0 bridgehead atoms. The van der Waals surface area contributed by atoms with E-state index in [1.807, 2.05) is 18.2 Å². The lowest BCUT2D eigenvalue weighted by atomic mass is 10.1. The van der Waals surface area contributed by atoms with Crippen LogP contribution >= 0.6 is 15.9 Å². The highest BCUT2D eigenvalue weighted by Gasteiger charge is 2.16. The molecule has 1 N–H and O–H groups in total. The molecule has 0 amide bonds. The molecule has 0 saturated heterocycles. The summed E-state index contributed by atoms with van der Waals surface area (Å²) < 4.78 is 12.8. The van der Waals surface area contributed by atoms with Gasteiger partial charge in [0.2, 0.25) is 0 Å². The number of methoxy groups -OCH3 is 1. The van der Waals surface area contributed by atoms with Gasteiger partial charge in [0.15, 0.2) is 11.5 Å². The van der Waals surface area contributed by atoms with Crippen molar-refractivity contribution in [2.45, 2.75) is 33.0 Å². The van der Waals surface area contributed by atoms with Crippen molar-refractivity contribution >= 4 is 15.9 Å². The molecule has 0 aliphatic carbocycles. The van der Waals surface area contributed by atoms with Crippen molar-refractivity contribution in [1.82, 2.24) is 5.32 Å². The summed E-state index contributed by atoms with van der Waals surface area (Å²) in [5, 5.41) is 3.59. The Labute approximate surface area is 175 Å². The zero-order valence-electron chi connectivity index (χ0n) is 16.5. The number of halogens is 1. The molecule has 146 valence electrons. The topological polar surface area (TPSA) is 30.5 Å². The van der Waals surface area contributed by atoms with Crippen LogP contribution in [-0.4, -0.2) is 7.11 Å². The van der Waals surface area contributed by atoms with Gasteiger partial charge < -0.3 is 14.8 Å². The summed E-state index contributed by atoms with van der Waals surface area (Å²) in [6, 6.07) is 23.0. The second kappa shape index (κ2) is 9.76. The number of rotatable bonds is 8. The average Bonchev–Trinajstić information content (AvgIpc) is 2.73. The molecule has 3 aromatic rings. The van der Waals surface area contributed by atoms with Gasteiger partial charge in [0.25, 0.3) is 0 Å². The van der Waals surface area contributed by atoms with Gasteiger partial charge in [-0.2, -0.15) is 0 Å². The molecule has 3 aromatic carbocycles. The summed E-state index contributed by atoms with van der Waals surface area (Å²) in [6.45, 7) is 5.40. The molecule has 0 aromatic heterocycles. The van der Waals surface area contributed by atoms with Crippen LogP contribution in [0.3, 0.4) is 0 Å². The summed E-state index contributed by atoms with van der Waals surface area (Å²) in [5.41, 5.74) is 4.67. The van der Waals surface area contributed by atoms with Gasteiger partial charge in [0, 0.05) is 22.6 Å². The Morgan fingerprint density at radius 1 is 0.964 bits per heavy atom. The van der Waals surface area contributed by atoms with Crippen molar-refractivity contribution in [2.24, 2.45) is 0 Å². The van der Waals surface area contributed by atoms with E-state index in [9.17, 15) is 0 Å². The van der Waals surface area contributed by atoms with Crippen molar-refractivity contribution < 1.29 is 9.47 Å². The van der Waals surface area contributed by atoms with Crippen LogP contribution in [0.5, 0.6) is 11.5 Å². The minimum atomic E-state index is 0.226. The third-order valence-corrected chi connectivity index (χ3v) is 5.52. The third kappa shape index (κ3) is 5.15. The summed E-state index contributed by atoms with van der Waals surface area (Å²) in [5.74, 6) is 1.50. The Balaban J connectivity index is 1.78. The highest BCUT2D eigenvalue weighted by atomic mass is 79.9. The van der Waals surface area contributed by atoms with E-state index in [0.717, 1.165) is 27.1 Å². The van der Waals surface area contributed by atoms with Crippen LogP contribution in [0.25, 0.3) is 0 Å². The van der Waals surface area contributed by atoms with E-state index >= 15 is 0 Å². The zero-order chi connectivity index (χ0) is 19.9. The molecule has 0 aliphatic rings. The maximum Gasteiger partial charge on any atom is 0.167 e. The Kier molecular flexibility index (Phi) is 7.12. The third-order valence-electron chi connectivity index (χ3n) is 4.78.